The average Bonchev–Trinajstić information content (AvgIpc) is 2.57. The molecule has 0 radical (unpaired) electrons. The van der Waals surface area contributed by atoms with Crippen LogP contribution >= 0.6 is 11.6 Å². The minimum absolute atomic E-state index is 0.159. The molecule has 9 heteroatoms. The molecule has 0 saturated carbocycles. The third-order valence-electron chi connectivity index (χ3n) is 2.80. The number of benzene rings is 1. The quantitative estimate of drug-likeness (QED) is 0.689. The van der Waals surface area contributed by atoms with E-state index in [1.165, 1.54) is 12.4 Å². The van der Waals surface area contributed by atoms with Crippen LogP contribution in [0, 0.1) is 11.3 Å². The Bertz CT molecular complexity index is 745. The summed E-state index contributed by atoms with van der Waals surface area (Å²) < 4.78 is 5.57. The summed E-state index contributed by atoms with van der Waals surface area (Å²) in [4.78, 5) is 19.8. The van der Waals surface area contributed by atoms with Gasteiger partial charge >= 0.3 is 6.03 Å². The first-order chi connectivity index (χ1) is 11.6. The highest BCUT2D eigenvalue weighted by molar-refractivity contribution is 6.31. The Labute approximate surface area is 143 Å². The van der Waals surface area contributed by atoms with E-state index in [0.717, 1.165) is 0 Å². The van der Waals surface area contributed by atoms with E-state index in [0.29, 0.717) is 36.0 Å². The van der Waals surface area contributed by atoms with Crippen LogP contribution in [0.1, 0.15) is 12.1 Å². The highest BCUT2D eigenvalue weighted by Gasteiger charge is 2.10. The molecule has 24 heavy (non-hydrogen) atoms. The summed E-state index contributed by atoms with van der Waals surface area (Å²) in [5.41, 5.74) is 6.00. The summed E-state index contributed by atoms with van der Waals surface area (Å²) in [6.45, 7) is 0.934. The fourth-order valence-electron chi connectivity index (χ4n) is 1.71. The molecule has 2 aromatic rings. The Morgan fingerprint density at radius 1 is 1.33 bits per heavy atom. The highest BCUT2D eigenvalue weighted by Crippen LogP contribution is 2.28. The topological polar surface area (TPSA) is 126 Å². The van der Waals surface area contributed by atoms with Gasteiger partial charge in [-0.15, -0.1) is 0 Å². The van der Waals surface area contributed by atoms with Crippen LogP contribution in [0.15, 0.2) is 30.6 Å². The molecule has 0 saturated heterocycles. The number of halogens is 1. The summed E-state index contributed by atoms with van der Waals surface area (Å²) in [7, 11) is 0. The molecule has 1 aromatic carbocycles. The lowest BCUT2D eigenvalue weighted by atomic mass is 10.3. The van der Waals surface area contributed by atoms with Gasteiger partial charge in [-0.2, -0.15) is 5.26 Å². The van der Waals surface area contributed by atoms with Gasteiger partial charge in [-0.3, -0.25) is 5.32 Å². The summed E-state index contributed by atoms with van der Waals surface area (Å²) in [5.74, 6) is 0.688. The third-order valence-corrected chi connectivity index (χ3v) is 3.04. The summed E-state index contributed by atoms with van der Waals surface area (Å²) in [6.07, 6.45) is 3.24. The summed E-state index contributed by atoms with van der Waals surface area (Å²) in [6, 6.07) is 6.20. The second kappa shape index (κ2) is 8.67. The fourth-order valence-corrected chi connectivity index (χ4v) is 1.88. The number of nitriles is 1. The van der Waals surface area contributed by atoms with Gasteiger partial charge in [0, 0.05) is 5.02 Å². The van der Waals surface area contributed by atoms with Crippen molar-refractivity contribution in [3.05, 3.63) is 41.3 Å². The zero-order valence-electron chi connectivity index (χ0n) is 12.6. The van der Waals surface area contributed by atoms with E-state index in [4.69, 9.17) is 27.3 Å². The molecule has 124 valence electrons. The number of nitrogens with two attached hydrogens (primary N) is 1. The van der Waals surface area contributed by atoms with E-state index in [-0.39, 0.29) is 11.5 Å². The number of carbonyl (C=O) groups is 1. The maximum atomic E-state index is 12.1. The molecule has 1 aromatic heterocycles. The Kier molecular flexibility index (Phi) is 6.31. The summed E-state index contributed by atoms with van der Waals surface area (Å²) >= 11 is 5.95. The van der Waals surface area contributed by atoms with Crippen molar-refractivity contribution in [2.24, 2.45) is 5.73 Å². The standard InChI is InChI=1S/C15H15ClN6O2/c16-10-2-3-13(24-5-1-4-17)12(6-10)21-15(23)22-14-9-19-11(7-18)8-20-14/h2-3,6,8-9H,1,4-5,17H2,(H2,20,21,22,23). The van der Waals surface area contributed by atoms with E-state index in [1.54, 1.807) is 18.2 Å². The Morgan fingerprint density at radius 3 is 2.83 bits per heavy atom. The molecule has 0 spiro atoms. The SMILES string of the molecule is N#Cc1cnc(NC(=O)Nc2cc(Cl)ccc2OCCCN)cn1. The van der Waals surface area contributed by atoms with Gasteiger partial charge in [-0.05, 0) is 31.2 Å². The van der Waals surface area contributed by atoms with Crippen LogP contribution < -0.4 is 21.1 Å². The minimum Gasteiger partial charge on any atom is -0.491 e. The number of amides is 2. The monoisotopic (exact) mass is 346 g/mol. The maximum absolute atomic E-state index is 12.1. The van der Waals surface area contributed by atoms with Gasteiger partial charge in [0.25, 0.3) is 0 Å². The van der Waals surface area contributed by atoms with Crippen molar-refractivity contribution in [2.45, 2.75) is 6.42 Å². The molecule has 0 atom stereocenters. The first-order valence-corrected chi connectivity index (χ1v) is 7.42. The lowest BCUT2D eigenvalue weighted by molar-refractivity contribution is 0.261. The number of aromatic nitrogens is 2. The molecule has 0 aliphatic carbocycles. The van der Waals surface area contributed by atoms with E-state index in [9.17, 15) is 4.79 Å². The first kappa shape index (κ1) is 17.5. The molecule has 0 aliphatic rings. The van der Waals surface area contributed by atoms with Gasteiger partial charge in [0.1, 0.15) is 11.8 Å². The van der Waals surface area contributed by atoms with Gasteiger partial charge in [0.15, 0.2) is 11.5 Å². The lowest BCUT2D eigenvalue weighted by Crippen LogP contribution is -2.21. The molecule has 0 bridgehead atoms. The Morgan fingerprint density at radius 2 is 2.17 bits per heavy atom. The molecule has 0 fully saturated rings. The second-order valence-electron chi connectivity index (χ2n) is 4.61. The van der Waals surface area contributed by atoms with Gasteiger partial charge in [-0.1, -0.05) is 11.6 Å². The van der Waals surface area contributed by atoms with Crippen molar-refractivity contribution >= 4 is 29.1 Å². The van der Waals surface area contributed by atoms with Crippen LogP contribution in [0.3, 0.4) is 0 Å². The molecular formula is C15H15ClN6O2. The van der Waals surface area contributed by atoms with E-state index >= 15 is 0 Å². The maximum Gasteiger partial charge on any atom is 0.325 e. The predicted octanol–water partition coefficient (Wildman–Crippen LogP) is 2.37. The number of carbonyl (C=O) groups excluding carboxylic acids is 1. The van der Waals surface area contributed by atoms with Crippen LogP contribution in [0.4, 0.5) is 16.3 Å². The van der Waals surface area contributed by atoms with Crippen LogP contribution in [0.2, 0.25) is 5.02 Å². The number of rotatable bonds is 6. The molecule has 1 heterocycles. The highest BCUT2D eigenvalue weighted by atomic mass is 35.5. The van der Waals surface area contributed by atoms with Crippen molar-refractivity contribution in [2.75, 3.05) is 23.8 Å². The number of nitrogens with zero attached hydrogens (tertiary/aromatic N) is 3. The average molecular weight is 347 g/mol. The fraction of sp³-hybridized carbons (Fsp3) is 0.200. The van der Waals surface area contributed by atoms with Crippen molar-refractivity contribution in [3.8, 4) is 11.8 Å². The Balaban J connectivity index is 2.04. The van der Waals surface area contributed by atoms with Crippen molar-refractivity contribution in [1.29, 1.82) is 5.26 Å². The van der Waals surface area contributed by atoms with Gasteiger partial charge in [-0.25, -0.2) is 14.8 Å². The second-order valence-corrected chi connectivity index (χ2v) is 5.05. The van der Waals surface area contributed by atoms with E-state index in [2.05, 4.69) is 20.6 Å². The summed E-state index contributed by atoms with van der Waals surface area (Å²) in [5, 5.41) is 14.3. The predicted molar refractivity (Wildman–Crippen MR) is 90.0 cm³/mol. The molecule has 0 unspecified atom stereocenters. The molecule has 2 amide bonds. The Hall–Kier alpha value is -2.89. The van der Waals surface area contributed by atoms with Gasteiger partial charge in [0.2, 0.25) is 0 Å². The largest absolute Gasteiger partial charge is 0.491 e. The van der Waals surface area contributed by atoms with Crippen LogP contribution in [-0.2, 0) is 0 Å². The van der Waals surface area contributed by atoms with Crippen molar-refractivity contribution < 1.29 is 9.53 Å². The number of anilines is 2. The zero-order chi connectivity index (χ0) is 17.4. The molecule has 0 aliphatic heterocycles. The number of ether oxygens (including phenoxy) is 1. The van der Waals surface area contributed by atoms with E-state index in [1.807, 2.05) is 6.07 Å². The molecule has 8 nitrogen and oxygen atoms in total. The van der Waals surface area contributed by atoms with Crippen LogP contribution in [0.25, 0.3) is 0 Å². The lowest BCUT2D eigenvalue weighted by Gasteiger charge is -2.13. The normalized spacial score (nSPS) is 9.88. The molecule has 4 N–H and O–H groups in total. The van der Waals surface area contributed by atoms with Crippen molar-refractivity contribution in [1.82, 2.24) is 9.97 Å². The zero-order valence-corrected chi connectivity index (χ0v) is 13.4. The number of hydrogen-bond acceptors (Lipinski definition) is 6. The van der Waals surface area contributed by atoms with Gasteiger partial charge in [0.05, 0.1) is 24.7 Å². The number of nitrogens with one attached hydrogen (secondary N) is 2. The van der Waals surface area contributed by atoms with Crippen molar-refractivity contribution in [3.63, 3.8) is 0 Å². The van der Waals surface area contributed by atoms with Crippen LogP contribution in [0.5, 0.6) is 5.75 Å². The van der Waals surface area contributed by atoms with Gasteiger partial charge < -0.3 is 15.8 Å². The minimum atomic E-state index is -0.542. The smallest absolute Gasteiger partial charge is 0.325 e. The number of hydrogen-bond donors (Lipinski definition) is 3. The first-order valence-electron chi connectivity index (χ1n) is 7.05. The number of urea groups is 1. The molecule has 2 rings (SSSR count). The molecular weight excluding hydrogens is 332 g/mol. The van der Waals surface area contributed by atoms with Crippen LogP contribution in [-0.4, -0.2) is 29.2 Å². The van der Waals surface area contributed by atoms with E-state index < -0.39 is 6.03 Å². The third kappa shape index (κ3) is 5.08.